The number of ether oxygens (including phenoxy) is 1. The van der Waals surface area contributed by atoms with Crippen LogP contribution in [0.25, 0.3) is 70.6 Å². The van der Waals surface area contributed by atoms with Gasteiger partial charge in [0.2, 0.25) is 0 Å². The average Bonchev–Trinajstić information content (AvgIpc) is 3.89. The Morgan fingerprint density at radius 2 is 1.70 bits per heavy atom. The van der Waals surface area contributed by atoms with Crippen molar-refractivity contribution in [2.24, 2.45) is 17.8 Å². The van der Waals surface area contributed by atoms with E-state index in [9.17, 15) is 4.79 Å². The summed E-state index contributed by atoms with van der Waals surface area (Å²) in [5.74, 6) is 4.24. The van der Waals surface area contributed by atoms with Crippen LogP contribution in [0.1, 0.15) is 133 Å². The van der Waals surface area contributed by atoms with Crippen molar-refractivity contribution < 1.29 is 9.53 Å². The highest BCUT2D eigenvalue weighted by atomic mass is 16.5. The van der Waals surface area contributed by atoms with Crippen LogP contribution in [0, 0.1) is 17.8 Å². The van der Waals surface area contributed by atoms with E-state index in [-0.39, 0.29) is 16.8 Å². The minimum absolute atomic E-state index is 0.00385. The Balaban J connectivity index is 1.04. The second-order valence-corrected chi connectivity index (χ2v) is 20.8. The number of carbonyl (C=O) groups excluding carboxylic acids is 1. The van der Waals surface area contributed by atoms with Crippen LogP contribution in [0.3, 0.4) is 0 Å². The van der Waals surface area contributed by atoms with E-state index >= 15 is 0 Å². The molecule has 0 N–H and O–H groups in total. The van der Waals surface area contributed by atoms with Gasteiger partial charge in [0, 0.05) is 40.9 Å². The first-order valence-corrected chi connectivity index (χ1v) is 22.5. The van der Waals surface area contributed by atoms with Gasteiger partial charge in [0.05, 0.1) is 6.61 Å². The largest absolute Gasteiger partial charge is 0.466 e. The Kier molecular flexibility index (Phi) is 4.00. The van der Waals surface area contributed by atoms with Crippen molar-refractivity contribution in [3.05, 3.63) is 109 Å². The first-order valence-electron chi connectivity index (χ1n) is 22.5. The van der Waals surface area contributed by atoms with Crippen LogP contribution in [-0.2, 0) is 26.8 Å². The van der Waals surface area contributed by atoms with E-state index in [0.29, 0.717) is 48.5 Å². The first-order chi connectivity index (χ1) is 27.7. The fourth-order valence-electron chi connectivity index (χ4n) is 18.5. The van der Waals surface area contributed by atoms with Gasteiger partial charge in [0.25, 0.3) is 0 Å². The van der Waals surface area contributed by atoms with E-state index in [0.717, 1.165) is 38.0 Å². The van der Waals surface area contributed by atoms with Gasteiger partial charge in [-0.15, -0.1) is 0 Å². The molecule has 1 spiro atoms. The molecule has 7 aromatic rings. The third-order valence-electron chi connectivity index (χ3n) is 19.3. The molecule has 0 amide bonds. The van der Waals surface area contributed by atoms with Gasteiger partial charge in [-0.1, -0.05) is 61.9 Å². The number of hydrogen-bond acceptors (Lipinski definition) is 2. The molecule has 3 fully saturated rings. The Labute approximate surface area is 324 Å². The Morgan fingerprint density at radius 3 is 2.61 bits per heavy atom. The van der Waals surface area contributed by atoms with Gasteiger partial charge < -0.3 is 4.74 Å². The summed E-state index contributed by atoms with van der Waals surface area (Å²) in [5, 5.41) is 20.6. The van der Waals surface area contributed by atoms with Crippen molar-refractivity contribution in [2.45, 2.75) is 106 Å². The summed E-state index contributed by atoms with van der Waals surface area (Å²) in [7, 11) is 0. The maximum atomic E-state index is 13.2. The summed E-state index contributed by atoms with van der Waals surface area (Å²) in [6.45, 7) is 2.72. The summed E-state index contributed by atoms with van der Waals surface area (Å²) in [4.78, 5) is 13.2. The molecule has 0 radical (unpaired) electrons. The van der Waals surface area contributed by atoms with Crippen LogP contribution in [0.4, 0.5) is 0 Å². The number of benzene rings is 5. The maximum absolute atomic E-state index is 13.2. The molecule has 0 aliphatic heterocycles. The topological polar surface area (TPSA) is 26.3 Å². The van der Waals surface area contributed by atoms with E-state index < -0.39 is 0 Å². The molecule has 7 aromatic carbocycles. The van der Waals surface area contributed by atoms with Crippen molar-refractivity contribution in [3.8, 4) is 0 Å². The Morgan fingerprint density at radius 1 is 0.821 bits per heavy atom. The first kappa shape index (κ1) is 27.8. The van der Waals surface area contributed by atoms with Crippen molar-refractivity contribution in [1.82, 2.24) is 0 Å². The van der Waals surface area contributed by atoms with E-state index in [1.54, 1.807) is 114 Å². The third kappa shape index (κ3) is 2.31. The van der Waals surface area contributed by atoms with Gasteiger partial charge in [0.15, 0.2) is 0 Å². The van der Waals surface area contributed by atoms with Gasteiger partial charge in [-0.2, -0.15) is 0 Å². The number of unbranched alkanes of at least 4 members (excludes halogenated alkanes) is 1. The molecular weight excluding hydrogens is 681 g/mol. The van der Waals surface area contributed by atoms with E-state index in [2.05, 4.69) is 55.5 Å². The highest BCUT2D eigenvalue weighted by molar-refractivity contribution is 6.48. The van der Waals surface area contributed by atoms with Crippen LogP contribution >= 0.6 is 0 Å². The van der Waals surface area contributed by atoms with Crippen LogP contribution in [0.5, 0.6) is 0 Å². The molecule has 2 heteroatoms. The molecule has 0 aromatic heterocycles. The second-order valence-electron chi connectivity index (χ2n) is 20.8. The second kappa shape index (κ2) is 8.05. The zero-order valence-electron chi connectivity index (χ0n) is 31.8. The zero-order chi connectivity index (χ0) is 35.6. The maximum Gasteiger partial charge on any atom is 0.305 e. The third-order valence-corrected chi connectivity index (χ3v) is 19.3. The molecule has 2 nitrogen and oxygen atoms in total. The molecule has 11 aliphatic carbocycles. The highest BCUT2D eigenvalue weighted by Crippen LogP contribution is 2.87. The molecule has 0 saturated heterocycles. The van der Waals surface area contributed by atoms with Crippen molar-refractivity contribution >= 4 is 76.6 Å². The lowest BCUT2D eigenvalue weighted by molar-refractivity contribution is -0.143. The molecule has 0 heterocycles. The number of esters is 1. The smallest absolute Gasteiger partial charge is 0.305 e. The number of carbonyl (C=O) groups is 1. The minimum Gasteiger partial charge on any atom is -0.466 e. The standard InChI is InChI=1S/C54H40O2/c1-2-3-12-56-30(55)10-7-11-53(28-8-5-4-6-9-28)52-29-19-26-17-23-15-24-14-21-13-22-16-25-18-27-20-54(52,53)51-37(27)42-36(25)41-32(22)31(21)39-35(24)40-33(23)34(26)43-38(29)50(51)49-47(42)45(41)44(39)46(40)48(43)49/h4-6,8-9,15-16,19,21,24-25,27,31,35,52H,2-3,7,10-14,17-18,20H2,1H3. The lowest BCUT2D eigenvalue weighted by Gasteiger charge is -2.42. The van der Waals surface area contributed by atoms with E-state index in [1.165, 1.54) is 31.2 Å². The molecule has 268 valence electrons. The summed E-state index contributed by atoms with van der Waals surface area (Å²) in [6.07, 6.45) is 16.5. The minimum atomic E-state index is -0.0228. The summed E-state index contributed by atoms with van der Waals surface area (Å²) in [5.41, 5.74) is 20.9. The van der Waals surface area contributed by atoms with Crippen molar-refractivity contribution in [1.29, 1.82) is 0 Å². The quantitative estimate of drug-likeness (QED) is 0.0888. The molecule has 3 saturated carbocycles. The van der Waals surface area contributed by atoms with Gasteiger partial charge in [0.1, 0.15) is 0 Å². The van der Waals surface area contributed by atoms with Gasteiger partial charge in [-0.05, 0) is 200 Å². The lowest BCUT2D eigenvalue weighted by Crippen LogP contribution is -2.36. The van der Waals surface area contributed by atoms with E-state index in [4.69, 9.17) is 4.74 Å². The normalized spacial score (nSPS) is 34.8. The van der Waals surface area contributed by atoms with Gasteiger partial charge >= 0.3 is 5.97 Å². The van der Waals surface area contributed by atoms with Gasteiger partial charge in [-0.3, -0.25) is 4.79 Å². The molecular formula is C54H40O2. The fraction of sp³-hybridized carbons (Fsp3) is 0.389. The summed E-state index contributed by atoms with van der Waals surface area (Å²) in [6, 6.07) is 14.6. The Hall–Kier alpha value is -4.69. The van der Waals surface area contributed by atoms with E-state index in [1.807, 2.05) is 11.1 Å². The number of hydrogen-bond donors (Lipinski definition) is 0. The Bertz CT molecular complexity index is 3450. The monoisotopic (exact) mass is 720 g/mol. The van der Waals surface area contributed by atoms with Crippen LogP contribution in [-0.4, -0.2) is 12.6 Å². The van der Waals surface area contributed by atoms with Crippen molar-refractivity contribution in [2.75, 3.05) is 6.61 Å². The molecule has 18 rings (SSSR count). The summed E-state index contributed by atoms with van der Waals surface area (Å²) < 4.78 is 5.78. The summed E-state index contributed by atoms with van der Waals surface area (Å²) >= 11 is 0. The SMILES string of the molecule is CCCCOC(=O)CCCC1(c2ccccc2)C2c3cc4c5c6c7c8c9c%10c%11c%12c%13c%14c(c%15c3c5c8c%15c%13%10)C21CC%14CC%12C=C1CC2CC(C=C6C4)C7C=9C2C=%111. The number of fused-ring (bicyclic) bond motifs is 1. The molecule has 0 bridgehead atoms. The van der Waals surface area contributed by atoms with Crippen LogP contribution in [0.2, 0.25) is 0 Å². The lowest BCUT2D eigenvalue weighted by atomic mass is 9.61. The zero-order valence-corrected chi connectivity index (χ0v) is 31.8. The van der Waals surface area contributed by atoms with Crippen molar-refractivity contribution in [3.63, 3.8) is 0 Å². The van der Waals surface area contributed by atoms with Crippen LogP contribution < -0.4 is 10.4 Å². The predicted octanol–water partition coefficient (Wildman–Crippen LogP) is 10.5. The average molecular weight is 721 g/mol. The number of allylic oxidation sites excluding steroid dienone is 4. The van der Waals surface area contributed by atoms with Gasteiger partial charge in [-0.25, -0.2) is 0 Å². The van der Waals surface area contributed by atoms with Crippen LogP contribution in [0.15, 0.2) is 54.1 Å². The number of rotatable bonds is 8. The highest BCUT2D eigenvalue weighted by Gasteiger charge is 2.81. The molecule has 9 atom stereocenters. The predicted molar refractivity (Wildman–Crippen MR) is 223 cm³/mol. The molecule has 11 aliphatic rings. The fourth-order valence-corrected chi connectivity index (χ4v) is 18.5. The molecule has 56 heavy (non-hydrogen) atoms. The molecule has 9 unspecified atom stereocenters.